The summed E-state index contributed by atoms with van der Waals surface area (Å²) in [4.78, 5) is 2.16. The fourth-order valence-corrected chi connectivity index (χ4v) is 3.82. The molecule has 0 saturated carbocycles. The summed E-state index contributed by atoms with van der Waals surface area (Å²) >= 11 is 0. The van der Waals surface area contributed by atoms with Gasteiger partial charge in [-0.15, -0.1) is 0 Å². The Morgan fingerprint density at radius 3 is 2.48 bits per heavy atom. The molecule has 0 fully saturated rings. The summed E-state index contributed by atoms with van der Waals surface area (Å²) in [6.45, 7) is 1.99. The lowest BCUT2D eigenvalue weighted by Crippen LogP contribution is -2.23. The van der Waals surface area contributed by atoms with Gasteiger partial charge in [-0.3, -0.25) is 0 Å². The van der Waals surface area contributed by atoms with Crippen LogP contribution in [-0.2, 0) is 0 Å². The van der Waals surface area contributed by atoms with E-state index in [9.17, 15) is 0 Å². The molecule has 5 rings (SSSR count). The van der Waals surface area contributed by atoms with E-state index < -0.39 is 0 Å². The highest BCUT2D eigenvalue weighted by molar-refractivity contribution is 6.07. The predicted molar refractivity (Wildman–Crippen MR) is 120 cm³/mol. The summed E-state index contributed by atoms with van der Waals surface area (Å²) in [7, 11) is 2.06. The smallest absolute Gasteiger partial charge is 0.151 e. The average molecular weight is 379 g/mol. The monoisotopic (exact) mass is 379 g/mol. The van der Waals surface area contributed by atoms with Crippen LogP contribution in [0.3, 0.4) is 0 Å². The van der Waals surface area contributed by atoms with Crippen LogP contribution in [0.25, 0.3) is 28.0 Å². The van der Waals surface area contributed by atoms with Gasteiger partial charge in [0.1, 0.15) is 11.2 Å². The van der Waals surface area contributed by atoms with Crippen LogP contribution < -0.4 is 9.64 Å². The molecule has 0 bridgehead atoms. The largest absolute Gasteiger partial charge is 0.455 e. The Morgan fingerprint density at radius 1 is 0.793 bits per heavy atom. The maximum absolute atomic E-state index is 6.16. The quantitative estimate of drug-likeness (QED) is 0.386. The number of furan rings is 1. The summed E-state index contributed by atoms with van der Waals surface area (Å²) in [5, 5.41) is 2.27. The van der Waals surface area contributed by atoms with Crippen LogP contribution >= 0.6 is 0 Å². The first-order valence-corrected chi connectivity index (χ1v) is 9.72. The zero-order valence-electron chi connectivity index (χ0n) is 16.4. The van der Waals surface area contributed by atoms with Gasteiger partial charge in [0, 0.05) is 23.4 Å². The second-order valence-corrected chi connectivity index (χ2v) is 7.03. The van der Waals surface area contributed by atoms with E-state index in [2.05, 4.69) is 54.4 Å². The lowest BCUT2D eigenvalue weighted by atomic mass is 10.1. The van der Waals surface area contributed by atoms with Gasteiger partial charge in [-0.05, 0) is 43.4 Å². The molecule has 142 valence electrons. The van der Waals surface area contributed by atoms with Crippen molar-refractivity contribution in [3.63, 3.8) is 0 Å². The van der Waals surface area contributed by atoms with Crippen molar-refractivity contribution in [2.24, 2.45) is 0 Å². The number of hydrogen-bond acceptors (Lipinski definition) is 3. The van der Waals surface area contributed by atoms with E-state index in [0.717, 1.165) is 50.4 Å². The highest BCUT2D eigenvalue weighted by atomic mass is 16.5. The Balaban J connectivity index is 1.61. The topological polar surface area (TPSA) is 25.6 Å². The van der Waals surface area contributed by atoms with Gasteiger partial charge in [-0.25, -0.2) is 0 Å². The fourth-order valence-electron chi connectivity index (χ4n) is 3.82. The van der Waals surface area contributed by atoms with Gasteiger partial charge >= 0.3 is 0 Å². The normalized spacial score (nSPS) is 14.3. The number of para-hydroxylation sites is 4. The summed E-state index contributed by atoms with van der Waals surface area (Å²) < 4.78 is 12.3. The molecule has 3 aromatic carbocycles. The zero-order chi connectivity index (χ0) is 19.8. The van der Waals surface area contributed by atoms with E-state index in [1.54, 1.807) is 0 Å². The van der Waals surface area contributed by atoms with Gasteiger partial charge < -0.3 is 14.1 Å². The second kappa shape index (κ2) is 7.02. The van der Waals surface area contributed by atoms with Gasteiger partial charge in [0.15, 0.2) is 11.5 Å². The number of ether oxygens (including phenoxy) is 1. The Labute approximate surface area is 169 Å². The number of benzene rings is 3. The third kappa shape index (κ3) is 2.92. The highest BCUT2D eigenvalue weighted by Crippen LogP contribution is 2.38. The van der Waals surface area contributed by atoms with Crippen molar-refractivity contribution in [1.82, 2.24) is 0 Å². The molecule has 29 heavy (non-hydrogen) atoms. The lowest BCUT2D eigenvalue weighted by molar-refractivity contribution is 0.429. The van der Waals surface area contributed by atoms with E-state index in [4.69, 9.17) is 9.15 Å². The number of hydrogen-bond donors (Lipinski definition) is 0. The minimum atomic E-state index is 0.821. The van der Waals surface area contributed by atoms with Crippen molar-refractivity contribution in [1.29, 1.82) is 0 Å². The lowest BCUT2D eigenvalue weighted by Gasteiger charge is -2.29. The third-order valence-corrected chi connectivity index (χ3v) is 5.23. The molecule has 0 radical (unpaired) electrons. The minimum absolute atomic E-state index is 0.821. The first-order valence-electron chi connectivity index (χ1n) is 9.72. The van der Waals surface area contributed by atoms with E-state index in [1.807, 2.05) is 55.5 Å². The first-order chi connectivity index (χ1) is 14.3. The van der Waals surface area contributed by atoms with Crippen LogP contribution in [0.4, 0.5) is 5.69 Å². The van der Waals surface area contributed by atoms with E-state index in [1.165, 1.54) is 0 Å². The molecule has 1 aliphatic heterocycles. The van der Waals surface area contributed by atoms with Crippen molar-refractivity contribution >= 4 is 33.7 Å². The van der Waals surface area contributed by atoms with Crippen LogP contribution in [0, 0.1) is 0 Å². The predicted octanol–water partition coefficient (Wildman–Crippen LogP) is 6.92. The summed E-state index contributed by atoms with van der Waals surface area (Å²) in [6.07, 6.45) is 8.17. The Kier molecular flexibility index (Phi) is 4.21. The number of rotatable bonds is 3. The molecule has 1 aromatic heterocycles. The average Bonchev–Trinajstić information content (AvgIpc) is 3.13. The van der Waals surface area contributed by atoms with Crippen molar-refractivity contribution < 1.29 is 9.15 Å². The Bertz CT molecular complexity index is 1310. The van der Waals surface area contributed by atoms with Crippen molar-refractivity contribution in [3.8, 4) is 5.75 Å². The Hall–Kier alpha value is -3.72. The molecule has 0 saturated heterocycles. The molecule has 3 nitrogen and oxygen atoms in total. The van der Waals surface area contributed by atoms with Crippen molar-refractivity contribution in [3.05, 3.63) is 102 Å². The Morgan fingerprint density at radius 2 is 1.59 bits per heavy atom. The van der Waals surface area contributed by atoms with Crippen LogP contribution in [0.1, 0.15) is 12.5 Å². The molecule has 0 atom stereocenters. The van der Waals surface area contributed by atoms with Crippen molar-refractivity contribution in [2.45, 2.75) is 6.92 Å². The molecule has 0 N–H and O–H groups in total. The minimum Gasteiger partial charge on any atom is -0.455 e. The number of nitrogens with zero attached hydrogens (tertiary/aromatic N) is 1. The SMILES string of the molecule is C/C=C\C1=C(/C=C\c2cccc3c2oc2ccccc23)N(C)c2ccccc2O1. The van der Waals surface area contributed by atoms with Crippen LogP contribution in [0.5, 0.6) is 5.75 Å². The molecule has 0 aliphatic carbocycles. The molecule has 2 heterocycles. The molecule has 3 heteroatoms. The second-order valence-electron chi connectivity index (χ2n) is 7.03. The van der Waals surface area contributed by atoms with Gasteiger partial charge in [-0.1, -0.05) is 54.6 Å². The van der Waals surface area contributed by atoms with Crippen molar-refractivity contribution in [2.75, 3.05) is 11.9 Å². The zero-order valence-corrected chi connectivity index (χ0v) is 16.4. The molecule has 4 aromatic rings. The van der Waals surface area contributed by atoms with Gasteiger partial charge in [0.2, 0.25) is 0 Å². The highest BCUT2D eigenvalue weighted by Gasteiger charge is 2.21. The number of likely N-dealkylation sites (N-methyl/N-ethyl adjacent to an activating group) is 1. The van der Waals surface area contributed by atoms with Crippen LogP contribution in [0.15, 0.2) is 101 Å². The van der Waals surface area contributed by atoms with Crippen LogP contribution in [-0.4, -0.2) is 7.05 Å². The van der Waals surface area contributed by atoms with Crippen LogP contribution in [0.2, 0.25) is 0 Å². The maximum Gasteiger partial charge on any atom is 0.151 e. The third-order valence-electron chi connectivity index (χ3n) is 5.23. The molecule has 0 amide bonds. The molecule has 0 unspecified atom stereocenters. The summed E-state index contributed by atoms with van der Waals surface area (Å²) in [5.41, 5.74) is 4.89. The molecular formula is C26H21NO2. The number of fused-ring (bicyclic) bond motifs is 4. The van der Waals surface area contributed by atoms with E-state index in [0.29, 0.717) is 0 Å². The number of anilines is 1. The molecular weight excluding hydrogens is 358 g/mol. The van der Waals surface area contributed by atoms with E-state index >= 15 is 0 Å². The van der Waals surface area contributed by atoms with Gasteiger partial charge in [0.05, 0.1) is 11.4 Å². The molecule has 0 spiro atoms. The maximum atomic E-state index is 6.16. The fraction of sp³-hybridized carbons (Fsp3) is 0.0769. The first kappa shape index (κ1) is 17.4. The standard InChI is InChI=1S/C26H21NO2/c1-3-9-24-22(27(2)21-13-5-7-15-25(21)28-24)17-16-18-10-8-12-20-19-11-4-6-14-23(19)29-26(18)20/h3-17H,1-2H3/b9-3-,17-16-. The van der Waals surface area contributed by atoms with Gasteiger partial charge in [0.25, 0.3) is 0 Å². The summed E-state index contributed by atoms with van der Waals surface area (Å²) in [6, 6.07) is 22.5. The van der Waals surface area contributed by atoms with E-state index in [-0.39, 0.29) is 0 Å². The molecule has 1 aliphatic rings. The van der Waals surface area contributed by atoms with Gasteiger partial charge in [-0.2, -0.15) is 0 Å². The summed E-state index contributed by atoms with van der Waals surface area (Å²) in [5.74, 6) is 1.68. The number of allylic oxidation sites excluding steroid dienone is 3.